The number of ether oxygens (including phenoxy) is 1. The number of hydrogen-bond donors (Lipinski definition) is 4. The Balaban J connectivity index is 0.000000670. The number of carbonyl (C=O) groups is 2. The van der Waals surface area contributed by atoms with Crippen LogP contribution in [0.15, 0.2) is 85.2 Å². The van der Waals surface area contributed by atoms with Gasteiger partial charge in [0.15, 0.2) is 0 Å². The van der Waals surface area contributed by atoms with Gasteiger partial charge < -0.3 is 20.6 Å². The SMILES string of the molecule is CS(=O)(=O)O.CS(=O)(=O)O.NC[C@@H](C(=O)Nc1ccc2cnccc2c1)c1ccc(COC(=O)c2cccc(CO[N+](=O)[O-])c2)cc1. The van der Waals surface area contributed by atoms with E-state index < -0.39 is 37.2 Å². The number of anilines is 1. The van der Waals surface area contributed by atoms with Crippen molar-refractivity contribution in [3.8, 4) is 0 Å². The summed E-state index contributed by atoms with van der Waals surface area (Å²) in [6.07, 6.45) is 4.88. The molecule has 0 aliphatic rings. The highest BCUT2D eigenvalue weighted by atomic mass is 32.2. The molecule has 0 aliphatic heterocycles. The van der Waals surface area contributed by atoms with Gasteiger partial charge in [0.05, 0.1) is 24.0 Å². The lowest BCUT2D eigenvalue weighted by atomic mass is 9.97. The van der Waals surface area contributed by atoms with Gasteiger partial charge in [0.25, 0.3) is 25.3 Å². The van der Waals surface area contributed by atoms with E-state index in [0.29, 0.717) is 23.8 Å². The first-order valence-corrected chi connectivity index (χ1v) is 16.9. The fourth-order valence-corrected chi connectivity index (χ4v) is 3.78. The third-order valence-corrected chi connectivity index (χ3v) is 5.71. The monoisotopic (exact) mass is 692 g/mol. The van der Waals surface area contributed by atoms with Gasteiger partial charge in [-0.15, -0.1) is 10.1 Å². The van der Waals surface area contributed by atoms with Crippen molar-refractivity contribution in [2.75, 3.05) is 24.4 Å². The number of amides is 1. The standard InChI is InChI=1S/C27H24N4O6.2CH4O3S/c28-14-25(26(32)30-24-9-8-23-15-29-11-10-21(23)13-24)20-6-4-18(5-7-20)16-36-27(33)22-3-1-2-19(12-22)17-37-31(34)35;2*1-5(2,3)4/h1-13,15,25H,14,16-17,28H2,(H,30,32);2*1H3,(H,2,3,4)/t25-;;/m1../s1. The van der Waals surface area contributed by atoms with E-state index in [1.165, 1.54) is 6.07 Å². The Morgan fingerprint density at radius 2 is 1.55 bits per heavy atom. The number of rotatable bonds is 10. The van der Waals surface area contributed by atoms with Crippen LogP contribution in [0.25, 0.3) is 10.8 Å². The molecule has 47 heavy (non-hydrogen) atoms. The van der Waals surface area contributed by atoms with Gasteiger partial charge in [-0.1, -0.05) is 42.5 Å². The maximum atomic E-state index is 12.9. The van der Waals surface area contributed by atoms with Crippen LogP contribution in [0.2, 0.25) is 0 Å². The van der Waals surface area contributed by atoms with Crippen LogP contribution in [0.3, 0.4) is 0 Å². The molecule has 0 fully saturated rings. The number of esters is 1. The van der Waals surface area contributed by atoms with Crippen LogP contribution < -0.4 is 11.1 Å². The Morgan fingerprint density at radius 1 is 0.915 bits per heavy atom. The molecule has 0 saturated heterocycles. The predicted octanol–water partition coefficient (Wildman–Crippen LogP) is 2.99. The van der Waals surface area contributed by atoms with Crippen LogP contribution in [-0.2, 0) is 47.8 Å². The van der Waals surface area contributed by atoms with Gasteiger partial charge in [-0.2, -0.15) is 16.8 Å². The van der Waals surface area contributed by atoms with Gasteiger partial charge in [-0.3, -0.25) is 18.9 Å². The van der Waals surface area contributed by atoms with E-state index in [1.807, 2.05) is 24.3 Å². The summed E-state index contributed by atoms with van der Waals surface area (Å²) in [7, 11) is -7.33. The highest BCUT2D eigenvalue weighted by Gasteiger charge is 2.19. The molecule has 5 N–H and O–H groups in total. The average molecular weight is 693 g/mol. The second kappa shape index (κ2) is 17.6. The number of nitrogens with two attached hydrogens (primary N) is 1. The molecule has 18 heteroatoms. The average Bonchev–Trinajstić information content (AvgIpc) is 2.98. The molecule has 4 rings (SSSR count). The number of benzene rings is 3. The van der Waals surface area contributed by atoms with Crippen molar-refractivity contribution in [1.29, 1.82) is 0 Å². The Kier molecular flexibility index (Phi) is 14.3. The first-order chi connectivity index (χ1) is 21.9. The molecular formula is C29H32N4O12S2. The number of fused-ring (bicyclic) bond motifs is 1. The van der Waals surface area contributed by atoms with Gasteiger partial charge in [-0.25, -0.2) is 4.79 Å². The molecule has 0 aliphatic carbocycles. The lowest BCUT2D eigenvalue weighted by molar-refractivity contribution is -0.763. The van der Waals surface area contributed by atoms with Crippen molar-refractivity contribution in [2.45, 2.75) is 19.1 Å². The van der Waals surface area contributed by atoms with Gasteiger partial charge in [-0.05, 0) is 52.4 Å². The third-order valence-electron chi connectivity index (χ3n) is 5.71. The summed E-state index contributed by atoms with van der Waals surface area (Å²) in [4.78, 5) is 44.1. The third kappa shape index (κ3) is 15.7. The summed E-state index contributed by atoms with van der Waals surface area (Å²) in [6, 6.07) is 20.8. The maximum absolute atomic E-state index is 12.9. The van der Waals surface area contributed by atoms with Crippen molar-refractivity contribution in [2.24, 2.45) is 5.73 Å². The van der Waals surface area contributed by atoms with Crippen molar-refractivity contribution in [1.82, 2.24) is 4.98 Å². The molecule has 16 nitrogen and oxygen atoms in total. The predicted molar refractivity (Wildman–Crippen MR) is 171 cm³/mol. The second-order valence-corrected chi connectivity index (χ2v) is 12.6. The van der Waals surface area contributed by atoms with Crippen LogP contribution in [0.4, 0.5) is 5.69 Å². The van der Waals surface area contributed by atoms with Crippen LogP contribution >= 0.6 is 0 Å². The second-order valence-electron chi connectivity index (χ2n) is 9.70. The Hall–Kier alpha value is -5.01. The quantitative estimate of drug-likeness (QED) is 0.0807. The molecule has 1 aromatic heterocycles. The lowest BCUT2D eigenvalue weighted by Crippen LogP contribution is -2.27. The molecule has 1 heterocycles. The molecule has 0 unspecified atom stereocenters. The van der Waals surface area contributed by atoms with E-state index in [1.54, 1.807) is 54.9 Å². The lowest BCUT2D eigenvalue weighted by Gasteiger charge is -2.16. The molecule has 0 bridgehead atoms. The minimum atomic E-state index is -3.67. The first kappa shape index (κ1) is 38.2. The fourth-order valence-electron chi connectivity index (χ4n) is 3.78. The number of carbonyl (C=O) groups excluding carboxylic acids is 2. The number of pyridine rings is 1. The van der Waals surface area contributed by atoms with E-state index in [0.717, 1.165) is 21.9 Å². The summed E-state index contributed by atoms with van der Waals surface area (Å²) < 4.78 is 57.1. The van der Waals surface area contributed by atoms with E-state index in [-0.39, 0.29) is 31.2 Å². The van der Waals surface area contributed by atoms with Gasteiger partial charge >= 0.3 is 5.97 Å². The van der Waals surface area contributed by atoms with Crippen molar-refractivity contribution in [3.63, 3.8) is 0 Å². The van der Waals surface area contributed by atoms with Crippen LogP contribution in [0.5, 0.6) is 0 Å². The van der Waals surface area contributed by atoms with Gasteiger partial charge in [0.2, 0.25) is 5.91 Å². The Morgan fingerprint density at radius 3 is 2.15 bits per heavy atom. The molecule has 1 atom stereocenters. The summed E-state index contributed by atoms with van der Waals surface area (Å²) in [6.45, 7) is -0.127. The molecule has 0 radical (unpaired) electrons. The molecule has 4 aromatic rings. The molecule has 252 valence electrons. The Labute approximate surface area is 270 Å². The van der Waals surface area contributed by atoms with Crippen molar-refractivity contribution >= 4 is 48.6 Å². The van der Waals surface area contributed by atoms with E-state index in [4.69, 9.17) is 19.6 Å². The Bertz CT molecular complexity index is 1860. The van der Waals surface area contributed by atoms with Gasteiger partial charge in [0.1, 0.15) is 13.2 Å². The number of hydrogen-bond acceptors (Lipinski definition) is 12. The maximum Gasteiger partial charge on any atom is 0.338 e. The topological polar surface area (TPSA) is 255 Å². The first-order valence-electron chi connectivity index (χ1n) is 13.2. The van der Waals surface area contributed by atoms with E-state index in [2.05, 4.69) is 15.1 Å². The van der Waals surface area contributed by atoms with Crippen LogP contribution in [0.1, 0.15) is 33.0 Å². The summed E-state index contributed by atoms with van der Waals surface area (Å²) in [5.41, 5.74) is 8.77. The fraction of sp³-hybridized carbons (Fsp3) is 0.207. The number of aromatic nitrogens is 1. The van der Waals surface area contributed by atoms with E-state index in [9.17, 15) is 36.5 Å². The summed E-state index contributed by atoms with van der Waals surface area (Å²) in [5, 5.41) is 14.3. The largest absolute Gasteiger partial charge is 0.457 e. The van der Waals surface area contributed by atoms with Crippen molar-refractivity contribution in [3.05, 3.63) is 118 Å². The zero-order chi connectivity index (χ0) is 35.2. The molecule has 3 aromatic carbocycles. The van der Waals surface area contributed by atoms with Crippen molar-refractivity contribution < 1.29 is 50.2 Å². The molecule has 0 spiro atoms. The normalized spacial score (nSPS) is 11.5. The van der Waals surface area contributed by atoms with Gasteiger partial charge in [0, 0.05) is 30.0 Å². The summed E-state index contributed by atoms with van der Waals surface area (Å²) >= 11 is 0. The zero-order valence-electron chi connectivity index (χ0n) is 25.0. The number of nitrogens with zero attached hydrogens (tertiary/aromatic N) is 2. The van der Waals surface area contributed by atoms with Crippen LogP contribution in [-0.4, -0.2) is 66.9 Å². The van der Waals surface area contributed by atoms with E-state index >= 15 is 0 Å². The minimum absolute atomic E-state index is 0.0141. The smallest absolute Gasteiger partial charge is 0.338 e. The highest BCUT2D eigenvalue weighted by Crippen LogP contribution is 2.22. The molecular weight excluding hydrogens is 660 g/mol. The zero-order valence-corrected chi connectivity index (χ0v) is 26.7. The number of nitrogens with one attached hydrogen (secondary N) is 1. The van der Waals surface area contributed by atoms with Crippen LogP contribution in [0, 0.1) is 10.1 Å². The summed E-state index contributed by atoms with van der Waals surface area (Å²) in [5.74, 6) is -1.36. The molecule has 0 saturated carbocycles. The minimum Gasteiger partial charge on any atom is -0.457 e. The molecule has 1 amide bonds. The highest BCUT2D eigenvalue weighted by molar-refractivity contribution is 7.85.